The van der Waals surface area contributed by atoms with Crippen LogP contribution in [0.4, 0.5) is 14.9 Å². The van der Waals surface area contributed by atoms with Crippen LogP contribution < -0.4 is 11.1 Å². The van der Waals surface area contributed by atoms with Crippen molar-refractivity contribution in [2.24, 2.45) is 11.7 Å². The lowest BCUT2D eigenvalue weighted by molar-refractivity contribution is 0.198. The van der Waals surface area contributed by atoms with Gasteiger partial charge in [-0.3, -0.25) is 0 Å². The normalized spacial score (nSPS) is 16.2. The van der Waals surface area contributed by atoms with Crippen LogP contribution in [-0.4, -0.2) is 30.6 Å². The van der Waals surface area contributed by atoms with E-state index in [0.717, 1.165) is 12.8 Å². The Morgan fingerprint density at radius 2 is 2.22 bits per heavy atom. The molecule has 1 aromatic carbocycles. The van der Waals surface area contributed by atoms with E-state index in [4.69, 9.17) is 5.73 Å². The van der Waals surface area contributed by atoms with Crippen molar-refractivity contribution < 1.29 is 9.18 Å². The van der Waals surface area contributed by atoms with Crippen molar-refractivity contribution in [2.45, 2.75) is 18.9 Å². The molecule has 5 heteroatoms. The van der Waals surface area contributed by atoms with Gasteiger partial charge in [0, 0.05) is 19.6 Å². The van der Waals surface area contributed by atoms with Crippen LogP contribution in [0.15, 0.2) is 24.3 Å². The van der Waals surface area contributed by atoms with Crippen LogP contribution in [0.5, 0.6) is 0 Å². The second-order valence-electron chi connectivity index (χ2n) is 4.66. The Balaban J connectivity index is 2.00. The predicted octanol–water partition coefficient (Wildman–Crippen LogP) is 2.03. The second-order valence-corrected chi connectivity index (χ2v) is 4.66. The number of amides is 2. The molecule has 2 rings (SSSR count). The minimum atomic E-state index is -0.435. The molecule has 0 spiro atoms. The van der Waals surface area contributed by atoms with Gasteiger partial charge in [-0.2, -0.15) is 0 Å². The molecule has 1 aliphatic rings. The summed E-state index contributed by atoms with van der Waals surface area (Å²) in [6.45, 7) is 0.436. The number of hydrogen-bond donors (Lipinski definition) is 2. The highest BCUT2D eigenvalue weighted by molar-refractivity contribution is 5.89. The van der Waals surface area contributed by atoms with Gasteiger partial charge in [0.05, 0.1) is 5.69 Å². The molecule has 98 valence electrons. The van der Waals surface area contributed by atoms with Crippen LogP contribution in [0.25, 0.3) is 0 Å². The van der Waals surface area contributed by atoms with E-state index in [1.807, 2.05) is 0 Å². The maximum atomic E-state index is 13.4. The topological polar surface area (TPSA) is 58.4 Å². The fraction of sp³-hybridized carbons (Fsp3) is 0.462. The van der Waals surface area contributed by atoms with Gasteiger partial charge >= 0.3 is 6.03 Å². The van der Waals surface area contributed by atoms with Gasteiger partial charge in [0.15, 0.2) is 0 Å². The molecule has 18 heavy (non-hydrogen) atoms. The molecule has 1 saturated carbocycles. The summed E-state index contributed by atoms with van der Waals surface area (Å²) in [7, 11) is 1.70. The number of nitrogens with two attached hydrogens (primary N) is 1. The van der Waals surface area contributed by atoms with Crippen LogP contribution in [0.2, 0.25) is 0 Å². The summed E-state index contributed by atoms with van der Waals surface area (Å²) in [5.74, 6) is 0.0568. The standard InChI is InChI=1S/C13H18FN3O/c1-17(12(8-15)9-6-7-9)13(18)16-11-5-3-2-4-10(11)14/h2-5,9,12H,6-8,15H2,1H3,(H,16,18). The van der Waals surface area contributed by atoms with Crippen molar-refractivity contribution >= 4 is 11.7 Å². The first kappa shape index (κ1) is 12.8. The summed E-state index contributed by atoms with van der Waals surface area (Å²) in [5, 5.41) is 2.56. The number of carbonyl (C=O) groups is 1. The third-order valence-corrected chi connectivity index (χ3v) is 3.34. The third-order valence-electron chi connectivity index (χ3n) is 3.34. The molecule has 1 fully saturated rings. The van der Waals surface area contributed by atoms with Crippen molar-refractivity contribution in [1.82, 2.24) is 4.90 Å². The number of carbonyl (C=O) groups excluding carboxylic acids is 1. The van der Waals surface area contributed by atoms with Gasteiger partial charge in [-0.15, -0.1) is 0 Å². The van der Waals surface area contributed by atoms with E-state index >= 15 is 0 Å². The van der Waals surface area contributed by atoms with Crippen molar-refractivity contribution in [3.05, 3.63) is 30.1 Å². The smallest absolute Gasteiger partial charge is 0.321 e. The van der Waals surface area contributed by atoms with Crippen LogP contribution in [0.3, 0.4) is 0 Å². The molecule has 0 aromatic heterocycles. The first-order valence-corrected chi connectivity index (χ1v) is 6.12. The van der Waals surface area contributed by atoms with Crippen LogP contribution in [0.1, 0.15) is 12.8 Å². The van der Waals surface area contributed by atoms with Gasteiger partial charge in [0.25, 0.3) is 0 Å². The quantitative estimate of drug-likeness (QED) is 0.860. The number of likely N-dealkylation sites (N-methyl/N-ethyl adjacent to an activating group) is 1. The Morgan fingerprint density at radius 1 is 1.56 bits per heavy atom. The lowest BCUT2D eigenvalue weighted by Crippen LogP contribution is -2.45. The van der Waals surface area contributed by atoms with E-state index in [0.29, 0.717) is 12.5 Å². The number of para-hydroxylation sites is 1. The Labute approximate surface area is 106 Å². The molecule has 0 saturated heterocycles. The van der Waals surface area contributed by atoms with Crippen molar-refractivity contribution in [3.8, 4) is 0 Å². The van der Waals surface area contributed by atoms with Gasteiger partial charge in [-0.25, -0.2) is 9.18 Å². The second kappa shape index (κ2) is 5.35. The Kier molecular flexibility index (Phi) is 3.81. The van der Waals surface area contributed by atoms with Crippen LogP contribution in [0, 0.1) is 11.7 Å². The Bertz CT molecular complexity index is 434. The zero-order valence-electron chi connectivity index (χ0n) is 10.4. The summed E-state index contributed by atoms with van der Waals surface area (Å²) in [6, 6.07) is 5.84. The average molecular weight is 251 g/mol. The van der Waals surface area contributed by atoms with Crippen LogP contribution >= 0.6 is 0 Å². The lowest BCUT2D eigenvalue weighted by Gasteiger charge is -2.27. The van der Waals surface area contributed by atoms with Gasteiger partial charge in [0.1, 0.15) is 5.82 Å². The Morgan fingerprint density at radius 3 is 2.78 bits per heavy atom. The molecule has 1 atom stereocenters. The number of urea groups is 1. The Hall–Kier alpha value is -1.62. The number of anilines is 1. The van der Waals surface area contributed by atoms with E-state index in [9.17, 15) is 9.18 Å². The lowest BCUT2D eigenvalue weighted by atomic mass is 10.1. The van der Waals surface area contributed by atoms with Crippen molar-refractivity contribution in [1.29, 1.82) is 0 Å². The first-order chi connectivity index (χ1) is 8.63. The van der Waals surface area contributed by atoms with Crippen molar-refractivity contribution in [2.75, 3.05) is 18.9 Å². The molecule has 1 unspecified atom stereocenters. The van der Waals surface area contributed by atoms with E-state index in [-0.39, 0.29) is 17.8 Å². The van der Waals surface area contributed by atoms with Crippen LogP contribution in [-0.2, 0) is 0 Å². The first-order valence-electron chi connectivity index (χ1n) is 6.12. The molecule has 2 amide bonds. The van der Waals surface area contributed by atoms with Crippen molar-refractivity contribution in [3.63, 3.8) is 0 Å². The fourth-order valence-corrected chi connectivity index (χ4v) is 2.06. The minimum absolute atomic E-state index is 0.0387. The monoisotopic (exact) mass is 251 g/mol. The molecule has 1 aliphatic carbocycles. The summed E-state index contributed by atoms with van der Waals surface area (Å²) >= 11 is 0. The fourth-order valence-electron chi connectivity index (χ4n) is 2.06. The number of nitrogens with zero attached hydrogens (tertiary/aromatic N) is 1. The molecule has 1 aromatic rings. The maximum Gasteiger partial charge on any atom is 0.321 e. The summed E-state index contributed by atoms with van der Waals surface area (Å²) < 4.78 is 13.4. The summed E-state index contributed by atoms with van der Waals surface area (Å²) in [4.78, 5) is 13.6. The highest BCUT2D eigenvalue weighted by Crippen LogP contribution is 2.34. The summed E-state index contributed by atoms with van der Waals surface area (Å²) in [6.07, 6.45) is 2.22. The van der Waals surface area contributed by atoms with Gasteiger partial charge < -0.3 is 16.0 Å². The zero-order chi connectivity index (χ0) is 13.1. The van der Waals surface area contributed by atoms with E-state index < -0.39 is 5.82 Å². The maximum absolute atomic E-state index is 13.4. The zero-order valence-corrected chi connectivity index (χ0v) is 10.4. The molecule has 0 heterocycles. The number of nitrogens with one attached hydrogen (secondary N) is 1. The predicted molar refractivity (Wildman–Crippen MR) is 68.7 cm³/mol. The molecular weight excluding hydrogens is 233 g/mol. The van der Waals surface area contributed by atoms with E-state index in [1.54, 1.807) is 24.1 Å². The molecule has 0 aliphatic heterocycles. The molecule has 0 bridgehead atoms. The largest absolute Gasteiger partial charge is 0.328 e. The molecule has 3 N–H and O–H groups in total. The van der Waals surface area contributed by atoms with Gasteiger partial charge in [-0.05, 0) is 30.9 Å². The summed E-state index contributed by atoms with van der Waals surface area (Å²) in [5.41, 5.74) is 5.88. The molecule has 4 nitrogen and oxygen atoms in total. The van der Waals surface area contributed by atoms with Gasteiger partial charge in [0.2, 0.25) is 0 Å². The highest BCUT2D eigenvalue weighted by Gasteiger charge is 2.34. The highest BCUT2D eigenvalue weighted by atomic mass is 19.1. The van der Waals surface area contributed by atoms with Gasteiger partial charge in [-0.1, -0.05) is 12.1 Å². The third kappa shape index (κ3) is 2.79. The number of benzene rings is 1. The number of halogens is 1. The average Bonchev–Trinajstić information content (AvgIpc) is 3.17. The van der Waals surface area contributed by atoms with E-state index in [1.165, 1.54) is 12.1 Å². The molecule has 0 radical (unpaired) electrons. The van der Waals surface area contributed by atoms with E-state index in [2.05, 4.69) is 5.32 Å². The minimum Gasteiger partial charge on any atom is -0.328 e. The number of rotatable bonds is 4. The number of hydrogen-bond acceptors (Lipinski definition) is 2. The SMILES string of the molecule is CN(C(=O)Nc1ccccc1F)C(CN)C1CC1. The molecular formula is C13H18FN3O.